The Bertz CT molecular complexity index is 195. The van der Waals surface area contributed by atoms with E-state index in [4.69, 9.17) is 51.1 Å². The van der Waals surface area contributed by atoms with E-state index in [1.165, 1.54) is 0 Å². The van der Waals surface area contributed by atoms with Crippen LogP contribution < -0.4 is 5.73 Å². The first-order valence-electron chi connectivity index (χ1n) is 4.39. The predicted molar refractivity (Wildman–Crippen MR) is 70.2 cm³/mol. The van der Waals surface area contributed by atoms with Gasteiger partial charge in [-0.05, 0) is 6.54 Å². The Morgan fingerprint density at radius 1 is 0.762 bits per heavy atom. The fraction of sp³-hybridized carbons (Fsp3) is 0.200. The van der Waals surface area contributed by atoms with Crippen molar-refractivity contribution in [3.05, 3.63) is 33.4 Å². The van der Waals surface area contributed by atoms with Crippen LogP contribution in [0.2, 0.25) is 0 Å². The fourth-order valence-electron chi connectivity index (χ4n) is 0. The van der Waals surface area contributed by atoms with Gasteiger partial charge in [-0.3, -0.25) is 46.9 Å². The summed E-state index contributed by atoms with van der Waals surface area (Å²) in [5.41, 5.74) is 11.2. The van der Waals surface area contributed by atoms with Crippen molar-refractivity contribution in [1.82, 2.24) is 0 Å². The number of carboxylic acids is 4. The smallest absolute Gasteiger partial charge is 0.161 e. The minimum absolute atomic E-state index is 0. The van der Waals surface area contributed by atoms with Crippen LogP contribution in [0.4, 0.5) is 0 Å². The maximum Gasteiger partial charge on any atom is 0.161 e. The molecule has 0 amide bonds. The number of hydrogen-bond donors (Lipinski definition) is 5. The summed E-state index contributed by atoms with van der Waals surface area (Å²) < 4.78 is 0. The van der Waals surface area contributed by atoms with Crippen molar-refractivity contribution in [2.75, 3.05) is 13.1 Å². The number of rotatable bonds is 1. The maximum atomic E-state index is 8.89. The van der Waals surface area contributed by atoms with Crippen molar-refractivity contribution >= 4 is 23.9 Å². The summed E-state index contributed by atoms with van der Waals surface area (Å²) in [4.78, 5) is 35.6. The third-order valence-electron chi connectivity index (χ3n) is 0.144. The van der Waals surface area contributed by atoms with E-state index in [1.807, 2.05) is 0 Å². The van der Waals surface area contributed by atoms with Gasteiger partial charge in [0.25, 0.3) is 0 Å². The normalized spacial score (nSPS) is 6.00. The molecule has 0 aliphatic rings. The van der Waals surface area contributed by atoms with E-state index in [-0.39, 0.29) is 16.5 Å². The van der Waals surface area contributed by atoms with Crippen LogP contribution in [0.5, 0.6) is 0 Å². The Balaban J connectivity index is -0.0000000331. The summed E-state index contributed by atoms with van der Waals surface area (Å²) in [7, 11) is 0. The van der Waals surface area contributed by atoms with Gasteiger partial charge in [-0.15, -0.1) is 6.54 Å². The molecule has 0 spiro atoms. The molecule has 0 heterocycles. The molecular formula is C10H19N2NiO8-5. The molecule has 0 rings (SSSR count). The summed E-state index contributed by atoms with van der Waals surface area (Å²) in [5.74, 6) is -4.33. The zero-order chi connectivity index (χ0) is 17.7. The van der Waals surface area contributed by atoms with Gasteiger partial charge in [-0.1, -0.05) is 0 Å². The zero-order valence-corrected chi connectivity index (χ0v) is 12.0. The molecule has 0 fully saturated rings. The van der Waals surface area contributed by atoms with Crippen molar-refractivity contribution in [2.45, 2.75) is 0 Å². The molecule has 0 aromatic carbocycles. The molecule has 21 heavy (non-hydrogen) atoms. The molecule has 0 unspecified atom stereocenters. The van der Waals surface area contributed by atoms with Gasteiger partial charge in [0, 0.05) is 16.5 Å². The van der Waals surface area contributed by atoms with E-state index in [2.05, 4.69) is 27.7 Å². The van der Waals surface area contributed by atoms with Gasteiger partial charge in [0.15, 0.2) is 23.9 Å². The van der Waals surface area contributed by atoms with Crippen molar-refractivity contribution in [3.63, 3.8) is 0 Å². The summed E-state index contributed by atoms with van der Waals surface area (Å²) >= 11 is 0. The maximum absolute atomic E-state index is 8.89. The van der Waals surface area contributed by atoms with E-state index < -0.39 is 23.9 Å². The third-order valence-corrected chi connectivity index (χ3v) is 0.144. The summed E-state index contributed by atoms with van der Waals surface area (Å²) in [6, 6.07) is 0. The molecule has 0 saturated heterocycles. The van der Waals surface area contributed by atoms with Crippen LogP contribution in [0.1, 0.15) is 0 Å². The Morgan fingerprint density at radius 2 is 0.810 bits per heavy atom. The molecule has 0 atom stereocenters. The molecule has 7 N–H and O–H groups in total. The monoisotopic (exact) mass is 353 g/mol. The quantitative estimate of drug-likeness (QED) is 0.307. The average molecular weight is 354 g/mol. The number of nitrogens with one attached hydrogen (secondary N) is 1. The molecule has 0 aromatic rings. The SMILES string of the molecule is [CH2-]C(=O)O.[CH2-]C(=O)O.[CH2-]C(=O)O.[CH2-]C(=O)O.[NH-]CCN.[Ni]. The molecule has 0 radical (unpaired) electrons. The topological polar surface area (TPSA) is 199 Å². The Hall–Kier alpha value is -2.23. The van der Waals surface area contributed by atoms with E-state index in [1.54, 1.807) is 0 Å². The predicted octanol–water partition coefficient (Wildman–Crippen LogP) is -0.385. The fourth-order valence-corrected chi connectivity index (χ4v) is 0. The van der Waals surface area contributed by atoms with Gasteiger partial charge in [-0.2, -0.15) is 0 Å². The Kier molecular flexibility index (Phi) is 62.4. The summed E-state index contributed by atoms with van der Waals surface area (Å²) in [5, 5.41) is 29.2. The summed E-state index contributed by atoms with van der Waals surface area (Å²) in [6.07, 6.45) is 0. The average Bonchev–Trinajstić information content (AvgIpc) is 2.13. The van der Waals surface area contributed by atoms with E-state index >= 15 is 0 Å². The first-order valence-corrected chi connectivity index (χ1v) is 4.39. The molecule has 0 aliphatic carbocycles. The largest absolute Gasteiger partial charge is 0.676 e. The minimum Gasteiger partial charge on any atom is -0.676 e. The number of carboxylic acid groups (broad SMARTS) is 4. The van der Waals surface area contributed by atoms with Gasteiger partial charge in [0.1, 0.15) is 0 Å². The minimum atomic E-state index is -1.08. The Morgan fingerprint density at radius 3 is 0.810 bits per heavy atom. The van der Waals surface area contributed by atoms with Crippen LogP contribution in [0, 0.1) is 27.7 Å². The molecule has 11 heteroatoms. The molecule has 0 aliphatic heterocycles. The molecule has 0 saturated carbocycles. The van der Waals surface area contributed by atoms with Gasteiger partial charge in [0.05, 0.1) is 0 Å². The van der Waals surface area contributed by atoms with E-state index in [9.17, 15) is 0 Å². The van der Waals surface area contributed by atoms with Gasteiger partial charge < -0.3 is 31.9 Å². The number of carbonyl (C=O) groups is 4. The van der Waals surface area contributed by atoms with Crippen LogP contribution in [-0.2, 0) is 35.7 Å². The van der Waals surface area contributed by atoms with Crippen molar-refractivity contribution in [1.29, 1.82) is 0 Å². The van der Waals surface area contributed by atoms with E-state index in [0.717, 1.165) is 0 Å². The molecule has 10 nitrogen and oxygen atoms in total. The molecule has 0 aromatic heterocycles. The van der Waals surface area contributed by atoms with Crippen molar-refractivity contribution < 1.29 is 56.1 Å². The number of hydrogen-bond acceptors (Lipinski definition) is 5. The second-order valence-electron chi connectivity index (χ2n) is 2.11. The second kappa shape index (κ2) is 36.1. The van der Waals surface area contributed by atoms with Crippen LogP contribution in [0.25, 0.3) is 5.73 Å². The standard InChI is InChI=1S/C2H7N2.4C2H3O2.Ni/c3-1-2-4;4*1-2(3)4;/h3H,1-2,4H2;4*1H2,(H,3,4);/q5*-1;. The van der Waals surface area contributed by atoms with Gasteiger partial charge in [-0.25, -0.2) is 0 Å². The zero-order valence-electron chi connectivity index (χ0n) is 11.1. The first kappa shape index (κ1) is 36.3. The van der Waals surface area contributed by atoms with Crippen molar-refractivity contribution in [3.8, 4) is 0 Å². The first-order chi connectivity index (χ1) is 8.84. The Labute approximate surface area is 133 Å². The van der Waals surface area contributed by atoms with Gasteiger partial charge in [0.2, 0.25) is 0 Å². The van der Waals surface area contributed by atoms with Gasteiger partial charge >= 0.3 is 0 Å². The molecular weight excluding hydrogens is 335 g/mol. The van der Waals surface area contributed by atoms with Crippen LogP contribution in [0.3, 0.4) is 0 Å². The third kappa shape index (κ3) is 2940. The number of aliphatic carboxylic acids is 4. The van der Waals surface area contributed by atoms with Crippen LogP contribution in [-0.4, -0.2) is 57.4 Å². The van der Waals surface area contributed by atoms with Crippen LogP contribution in [0.15, 0.2) is 0 Å². The second-order valence-corrected chi connectivity index (χ2v) is 2.11. The van der Waals surface area contributed by atoms with E-state index in [0.29, 0.717) is 13.1 Å². The molecule has 132 valence electrons. The summed E-state index contributed by atoms with van der Waals surface area (Å²) in [6.45, 7) is 11.1. The van der Waals surface area contributed by atoms with Crippen LogP contribution >= 0.6 is 0 Å². The molecule has 0 bridgehead atoms. The number of nitrogens with two attached hydrogens (primary N) is 1. The van der Waals surface area contributed by atoms with Crippen molar-refractivity contribution in [2.24, 2.45) is 5.73 Å².